The number of nitrogens with zero attached hydrogens (tertiary/aromatic N) is 1. The van der Waals surface area contributed by atoms with Crippen molar-refractivity contribution >= 4 is 46.2 Å². The van der Waals surface area contributed by atoms with E-state index in [-0.39, 0.29) is 16.6 Å². The van der Waals surface area contributed by atoms with Crippen LogP contribution in [0.25, 0.3) is 0 Å². The van der Waals surface area contributed by atoms with Crippen LogP contribution >= 0.6 is 23.8 Å². The molecule has 0 radical (unpaired) electrons. The number of carbonyl (C=O) groups excluding carboxylic acids is 1. The van der Waals surface area contributed by atoms with Gasteiger partial charge >= 0.3 is 0 Å². The quantitative estimate of drug-likeness (QED) is 0.380. The summed E-state index contributed by atoms with van der Waals surface area (Å²) in [5.74, 6) is -0.334. The molecule has 0 aliphatic carbocycles. The summed E-state index contributed by atoms with van der Waals surface area (Å²) in [7, 11) is 0. The third-order valence-corrected chi connectivity index (χ3v) is 5.18. The van der Waals surface area contributed by atoms with Gasteiger partial charge in [-0.2, -0.15) is 0 Å². The van der Waals surface area contributed by atoms with Crippen molar-refractivity contribution in [2.45, 2.75) is 26.8 Å². The molecular formula is C20H19ClN4O3S. The summed E-state index contributed by atoms with van der Waals surface area (Å²) in [6.45, 7) is 5.63. The second-order valence-corrected chi connectivity index (χ2v) is 7.63. The van der Waals surface area contributed by atoms with Crippen LogP contribution in [0.5, 0.6) is 0 Å². The normalized spacial score (nSPS) is 16.1. The van der Waals surface area contributed by atoms with Gasteiger partial charge in [0.15, 0.2) is 5.11 Å². The number of rotatable bonds is 4. The summed E-state index contributed by atoms with van der Waals surface area (Å²) in [5, 5.41) is 20.5. The van der Waals surface area contributed by atoms with Crippen LogP contribution in [0.1, 0.15) is 29.7 Å². The van der Waals surface area contributed by atoms with E-state index in [1.807, 2.05) is 32.0 Å². The molecule has 1 atom stereocenters. The molecule has 1 aliphatic heterocycles. The van der Waals surface area contributed by atoms with Crippen LogP contribution in [-0.4, -0.2) is 15.9 Å². The van der Waals surface area contributed by atoms with E-state index in [1.165, 1.54) is 12.1 Å². The van der Waals surface area contributed by atoms with E-state index in [9.17, 15) is 14.9 Å². The van der Waals surface area contributed by atoms with Crippen LogP contribution < -0.4 is 16.0 Å². The first-order valence-electron chi connectivity index (χ1n) is 8.78. The number of benzene rings is 2. The largest absolute Gasteiger partial charge is 0.351 e. The van der Waals surface area contributed by atoms with Gasteiger partial charge in [-0.1, -0.05) is 35.4 Å². The van der Waals surface area contributed by atoms with Gasteiger partial charge in [-0.15, -0.1) is 0 Å². The van der Waals surface area contributed by atoms with Gasteiger partial charge < -0.3 is 16.0 Å². The molecule has 1 aliphatic rings. The van der Waals surface area contributed by atoms with Gasteiger partial charge in [-0.25, -0.2) is 0 Å². The molecule has 0 saturated heterocycles. The summed E-state index contributed by atoms with van der Waals surface area (Å²) in [6, 6.07) is 9.50. The number of nitrogens with one attached hydrogen (secondary N) is 3. The highest BCUT2D eigenvalue weighted by molar-refractivity contribution is 7.80. The molecule has 0 spiro atoms. The first-order valence-corrected chi connectivity index (χ1v) is 9.56. The van der Waals surface area contributed by atoms with Crippen molar-refractivity contribution in [3.63, 3.8) is 0 Å². The zero-order chi connectivity index (χ0) is 21.3. The average molecular weight is 431 g/mol. The average Bonchev–Trinajstić information content (AvgIpc) is 2.63. The molecular weight excluding hydrogens is 412 g/mol. The fourth-order valence-electron chi connectivity index (χ4n) is 3.24. The summed E-state index contributed by atoms with van der Waals surface area (Å²) in [4.78, 5) is 23.9. The maximum absolute atomic E-state index is 13.1. The van der Waals surface area contributed by atoms with Crippen molar-refractivity contribution in [3.05, 3.63) is 79.5 Å². The smallest absolute Gasteiger partial charge is 0.288 e. The van der Waals surface area contributed by atoms with E-state index >= 15 is 0 Å². The van der Waals surface area contributed by atoms with Gasteiger partial charge in [0.25, 0.3) is 11.6 Å². The number of halogens is 1. The maximum atomic E-state index is 13.1. The van der Waals surface area contributed by atoms with Crippen LogP contribution in [0.15, 0.2) is 47.7 Å². The summed E-state index contributed by atoms with van der Waals surface area (Å²) in [6.07, 6.45) is 0. The van der Waals surface area contributed by atoms with Crippen LogP contribution in [0.2, 0.25) is 5.02 Å². The minimum Gasteiger partial charge on any atom is -0.351 e. The number of anilines is 1. The Kier molecular flexibility index (Phi) is 5.86. The van der Waals surface area contributed by atoms with Crippen LogP contribution in [0.3, 0.4) is 0 Å². The van der Waals surface area contributed by atoms with Gasteiger partial charge in [-0.05, 0) is 56.2 Å². The lowest BCUT2D eigenvalue weighted by atomic mass is 9.94. The molecule has 9 heteroatoms. The minimum atomic E-state index is -0.662. The number of nitro groups is 1. The Labute approximate surface area is 178 Å². The van der Waals surface area contributed by atoms with Crippen molar-refractivity contribution in [2.75, 3.05) is 5.32 Å². The Hall–Kier alpha value is -2.97. The zero-order valence-electron chi connectivity index (χ0n) is 16.0. The highest BCUT2D eigenvalue weighted by atomic mass is 35.5. The third-order valence-electron chi connectivity index (χ3n) is 4.64. The van der Waals surface area contributed by atoms with Crippen LogP contribution in [0, 0.1) is 24.0 Å². The molecule has 0 bridgehead atoms. The molecule has 7 nitrogen and oxygen atoms in total. The molecule has 0 saturated carbocycles. The molecule has 1 amide bonds. The van der Waals surface area contributed by atoms with Crippen molar-refractivity contribution < 1.29 is 9.72 Å². The fourth-order valence-corrected chi connectivity index (χ4v) is 3.70. The van der Waals surface area contributed by atoms with Crippen molar-refractivity contribution in [1.29, 1.82) is 0 Å². The number of amides is 1. The topological polar surface area (TPSA) is 96.3 Å². The van der Waals surface area contributed by atoms with E-state index in [0.29, 0.717) is 27.6 Å². The Morgan fingerprint density at radius 2 is 1.93 bits per heavy atom. The lowest BCUT2D eigenvalue weighted by molar-refractivity contribution is -0.384. The molecule has 29 heavy (non-hydrogen) atoms. The number of thiocarbonyl (C=S) groups is 1. The minimum absolute atomic E-state index is 0.0252. The number of nitro benzene ring substituents is 1. The molecule has 3 rings (SSSR count). The lowest BCUT2D eigenvalue weighted by Crippen LogP contribution is -2.45. The van der Waals surface area contributed by atoms with Gasteiger partial charge in [-0.3, -0.25) is 14.9 Å². The van der Waals surface area contributed by atoms with Crippen LogP contribution in [0.4, 0.5) is 11.4 Å². The Morgan fingerprint density at radius 3 is 2.59 bits per heavy atom. The van der Waals surface area contributed by atoms with Crippen molar-refractivity contribution in [2.24, 2.45) is 0 Å². The van der Waals surface area contributed by atoms with Gasteiger partial charge in [0.2, 0.25) is 0 Å². The van der Waals surface area contributed by atoms with Gasteiger partial charge in [0, 0.05) is 17.5 Å². The number of carbonyl (C=O) groups is 1. The fraction of sp³-hybridized carbons (Fsp3) is 0.200. The Balaban J connectivity index is 2.01. The maximum Gasteiger partial charge on any atom is 0.288 e. The molecule has 1 heterocycles. The molecule has 2 aromatic carbocycles. The Morgan fingerprint density at radius 1 is 1.21 bits per heavy atom. The highest BCUT2D eigenvalue weighted by Crippen LogP contribution is 2.33. The first kappa shape index (κ1) is 20.8. The third kappa shape index (κ3) is 4.38. The van der Waals surface area contributed by atoms with E-state index in [0.717, 1.165) is 11.1 Å². The Bertz CT molecular complexity index is 1070. The van der Waals surface area contributed by atoms with Crippen molar-refractivity contribution in [3.8, 4) is 0 Å². The zero-order valence-corrected chi connectivity index (χ0v) is 17.6. The van der Waals surface area contributed by atoms with E-state index in [4.69, 9.17) is 23.8 Å². The summed E-state index contributed by atoms with van der Waals surface area (Å²) in [5.41, 5.74) is 3.94. The summed E-state index contributed by atoms with van der Waals surface area (Å²) < 4.78 is 0. The first-order chi connectivity index (χ1) is 13.7. The van der Waals surface area contributed by atoms with E-state index in [2.05, 4.69) is 16.0 Å². The second kappa shape index (κ2) is 8.18. The molecule has 0 aromatic heterocycles. The highest BCUT2D eigenvalue weighted by Gasteiger charge is 2.31. The van der Waals surface area contributed by atoms with Crippen LogP contribution in [-0.2, 0) is 4.79 Å². The standard InChI is InChI=1S/C20H19ClN4O3S/c1-10-4-7-15(11(2)8-10)23-19(26)17-12(3)22-20(29)24-18(17)13-5-6-14(21)16(9-13)25(27)28/h4-9,18H,1-3H3,(H,23,26)(H2,22,24,29)/t18-/m1/s1. The lowest BCUT2D eigenvalue weighted by Gasteiger charge is -2.30. The van der Waals surface area contributed by atoms with Gasteiger partial charge in [0.1, 0.15) is 5.02 Å². The van der Waals surface area contributed by atoms with E-state index in [1.54, 1.807) is 13.0 Å². The van der Waals surface area contributed by atoms with E-state index < -0.39 is 11.0 Å². The monoisotopic (exact) mass is 430 g/mol. The molecule has 3 N–H and O–H groups in total. The number of hydrogen-bond acceptors (Lipinski definition) is 4. The molecule has 2 aromatic rings. The number of aryl methyl sites for hydroxylation is 2. The number of allylic oxidation sites excluding steroid dienone is 1. The molecule has 0 fully saturated rings. The predicted octanol–water partition coefficient (Wildman–Crippen LogP) is 4.30. The van der Waals surface area contributed by atoms with Crippen molar-refractivity contribution in [1.82, 2.24) is 10.6 Å². The molecule has 150 valence electrons. The summed E-state index contributed by atoms with van der Waals surface area (Å²) >= 11 is 11.2. The predicted molar refractivity (Wildman–Crippen MR) is 117 cm³/mol. The SMILES string of the molecule is CC1=C(C(=O)Nc2ccc(C)cc2C)[C@@H](c2ccc(Cl)c([N+](=O)[O-])c2)NC(=S)N1. The number of hydrogen-bond donors (Lipinski definition) is 3. The molecule has 0 unspecified atom stereocenters. The van der Waals surface area contributed by atoms with Gasteiger partial charge in [0.05, 0.1) is 16.5 Å². The second-order valence-electron chi connectivity index (χ2n) is 6.81.